The summed E-state index contributed by atoms with van der Waals surface area (Å²) in [6.45, 7) is 0. The number of nitriles is 1. The molecule has 198 valence electrons. The third-order valence-corrected chi connectivity index (χ3v) is 11.5. The lowest BCUT2D eigenvalue weighted by atomic mass is 9.46. The van der Waals surface area contributed by atoms with Crippen LogP contribution >= 0.6 is 0 Å². The van der Waals surface area contributed by atoms with E-state index < -0.39 is 17.7 Å². The van der Waals surface area contributed by atoms with E-state index in [9.17, 15) is 14.9 Å². The standard InChI is InChI=1S/C30H35N5O3/c1-33-23(21-13-34-22-5-3-2-4-20(21)22)26(37)38-29-9-17-6-18(10-29)8-27(7-17,14-29)24(32)25(36)35-19(12-31)11-28-15-30(28,35)16-28/h2-5,13,17-19,23-24,33-34H,6-11,14-16,32H2,1H3/t17?,18?,19-,23-,24+,27?,28?,29?,30?/m0/s1. The van der Waals surface area contributed by atoms with Crippen LogP contribution in [0.15, 0.2) is 30.5 Å². The van der Waals surface area contributed by atoms with Crippen LogP contribution in [0.4, 0.5) is 0 Å². The molecule has 2 unspecified atom stereocenters. The van der Waals surface area contributed by atoms with Gasteiger partial charge in [0.25, 0.3) is 0 Å². The number of aromatic amines is 1. The summed E-state index contributed by atoms with van der Waals surface area (Å²) in [6, 6.07) is 8.78. The fourth-order valence-electron chi connectivity index (χ4n) is 10.1. The first-order valence-corrected chi connectivity index (χ1v) is 14.2. The zero-order valence-corrected chi connectivity index (χ0v) is 21.8. The summed E-state index contributed by atoms with van der Waals surface area (Å²) in [7, 11) is 1.79. The number of nitrogens with two attached hydrogens (primary N) is 1. The molecule has 4 bridgehead atoms. The number of likely N-dealkylation sites (N-methyl/N-ethyl adjacent to an activating group) is 1. The average molecular weight is 514 g/mol. The number of H-pyrrole nitrogens is 1. The number of benzene rings is 1. The van der Waals surface area contributed by atoms with E-state index >= 15 is 0 Å². The van der Waals surface area contributed by atoms with Gasteiger partial charge in [0, 0.05) is 28.1 Å². The lowest BCUT2D eigenvalue weighted by molar-refractivity contribution is -0.207. The molecule has 8 heteroatoms. The SMILES string of the molecule is CN[C@H](C(=O)OC12CC3CC(C1)CC([C@H](N)C(=O)N1[C@H](C#N)CC45CC14C5)(C3)C2)c1c[nH]c2ccccc12. The quantitative estimate of drug-likeness (QED) is 0.509. The van der Waals surface area contributed by atoms with Crippen molar-refractivity contribution in [1.29, 1.82) is 5.26 Å². The van der Waals surface area contributed by atoms with Crippen LogP contribution in [0.5, 0.6) is 0 Å². The third-order valence-electron chi connectivity index (χ3n) is 11.5. The van der Waals surface area contributed by atoms with Crippen molar-refractivity contribution in [2.24, 2.45) is 28.4 Å². The minimum absolute atomic E-state index is 0.0382. The zero-order chi connectivity index (χ0) is 26.1. The molecule has 4 N–H and O–H groups in total. The minimum atomic E-state index is -0.651. The van der Waals surface area contributed by atoms with Crippen LogP contribution in [0, 0.1) is 34.0 Å². The van der Waals surface area contributed by atoms with Crippen molar-refractivity contribution < 1.29 is 14.3 Å². The fraction of sp³-hybridized carbons (Fsp3) is 0.633. The molecule has 6 saturated carbocycles. The molecular weight excluding hydrogens is 478 g/mol. The Morgan fingerprint density at radius 3 is 2.61 bits per heavy atom. The van der Waals surface area contributed by atoms with Crippen molar-refractivity contribution >= 4 is 22.8 Å². The number of carbonyl (C=O) groups is 2. The highest BCUT2D eigenvalue weighted by Gasteiger charge is 2.91. The van der Waals surface area contributed by atoms with Crippen molar-refractivity contribution in [3.05, 3.63) is 36.0 Å². The molecular formula is C30H35N5O3. The molecule has 1 aromatic carbocycles. The topological polar surface area (TPSA) is 124 Å². The molecule has 1 amide bonds. The molecule has 2 aromatic rings. The number of hydrogen-bond acceptors (Lipinski definition) is 6. The van der Waals surface area contributed by atoms with E-state index in [1.807, 2.05) is 35.4 Å². The molecule has 0 spiro atoms. The molecule has 9 rings (SSSR count). The second-order valence-electron chi connectivity index (χ2n) is 13.6. The van der Waals surface area contributed by atoms with E-state index in [1.54, 1.807) is 7.05 Å². The summed E-state index contributed by atoms with van der Waals surface area (Å²) in [6.07, 6.45) is 10.1. The highest BCUT2D eigenvalue weighted by molar-refractivity contribution is 5.90. The van der Waals surface area contributed by atoms with Gasteiger partial charge in [0.15, 0.2) is 0 Å². The first kappa shape index (κ1) is 23.0. The van der Waals surface area contributed by atoms with E-state index in [0.29, 0.717) is 18.3 Å². The van der Waals surface area contributed by atoms with Crippen molar-refractivity contribution in [2.45, 2.75) is 87.1 Å². The first-order chi connectivity index (χ1) is 18.3. The van der Waals surface area contributed by atoms with Gasteiger partial charge in [0.2, 0.25) is 5.91 Å². The normalized spacial score (nSPS) is 42.8. The largest absolute Gasteiger partial charge is 0.458 e. The van der Waals surface area contributed by atoms with Crippen LogP contribution < -0.4 is 11.1 Å². The summed E-state index contributed by atoms with van der Waals surface area (Å²) in [4.78, 5) is 32.9. The zero-order valence-electron chi connectivity index (χ0n) is 21.8. The Balaban J connectivity index is 1.07. The van der Waals surface area contributed by atoms with Crippen LogP contribution in [0.1, 0.15) is 69.4 Å². The Bertz CT molecular complexity index is 1400. The minimum Gasteiger partial charge on any atom is -0.458 e. The molecule has 38 heavy (non-hydrogen) atoms. The number of ether oxygens (including phenoxy) is 1. The number of amides is 1. The maximum Gasteiger partial charge on any atom is 0.328 e. The van der Waals surface area contributed by atoms with Gasteiger partial charge in [0.1, 0.15) is 17.7 Å². The van der Waals surface area contributed by atoms with Crippen LogP contribution in [-0.2, 0) is 14.3 Å². The Morgan fingerprint density at radius 1 is 1.16 bits per heavy atom. The predicted molar refractivity (Wildman–Crippen MR) is 139 cm³/mol. The van der Waals surface area contributed by atoms with E-state index in [1.165, 1.54) is 0 Å². The fourth-order valence-corrected chi connectivity index (χ4v) is 10.1. The van der Waals surface area contributed by atoms with Gasteiger partial charge < -0.3 is 25.7 Å². The number of carbonyl (C=O) groups excluding carboxylic acids is 2. The number of likely N-dealkylation sites (tertiary alicyclic amines) is 1. The van der Waals surface area contributed by atoms with Gasteiger partial charge in [-0.1, -0.05) is 18.2 Å². The van der Waals surface area contributed by atoms with Crippen molar-refractivity contribution in [3.8, 4) is 6.07 Å². The van der Waals surface area contributed by atoms with Crippen LogP contribution in [-0.4, -0.2) is 52.0 Å². The highest BCUT2D eigenvalue weighted by Crippen LogP contribution is 2.87. The van der Waals surface area contributed by atoms with Gasteiger partial charge in [-0.15, -0.1) is 0 Å². The van der Waals surface area contributed by atoms with Crippen molar-refractivity contribution in [3.63, 3.8) is 0 Å². The molecule has 8 nitrogen and oxygen atoms in total. The van der Waals surface area contributed by atoms with E-state index in [4.69, 9.17) is 10.5 Å². The van der Waals surface area contributed by atoms with Crippen molar-refractivity contribution in [1.82, 2.24) is 15.2 Å². The van der Waals surface area contributed by atoms with Gasteiger partial charge in [-0.2, -0.15) is 5.26 Å². The first-order valence-electron chi connectivity index (χ1n) is 14.2. The van der Waals surface area contributed by atoms with Crippen LogP contribution in [0.2, 0.25) is 0 Å². The molecule has 7 aliphatic rings. The molecule has 1 saturated heterocycles. The average Bonchev–Trinajstić information content (AvgIpc) is 3.53. The van der Waals surface area contributed by atoms with E-state index in [2.05, 4.69) is 16.4 Å². The van der Waals surface area contributed by atoms with Gasteiger partial charge >= 0.3 is 5.97 Å². The Labute approximate surface area is 222 Å². The number of nitrogens with zero attached hydrogens (tertiary/aromatic N) is 2. The number of fused-ring (bicyclic) bond motifs is 1. The monoisotopic (exact) mass is 513 g/mol. The highest BCUT2D eigenvalue weighted by atomic mass is 16.6. The molecule has 5 atom stereocenters. The van der Waals surface area contributed by atoms with Gasteiger partial charge in [0.05, 0.1) is 17.6 Å². The molecule has 7 fully saturated rings. The Kier molecular flexibility index (Phi) is 4.36. The summed E-state index contributed by atoms with van der Waals surface area (Å²) in [5.74, 6) is 0.517. The van der Waals surface area contributed by atoms with Gasteiger partial charge in [-0.05, 0) is 88.2 Å². The number of rotatable bonds is 6. The predicted octanol–water partition coefficient (Wildman–Crippen LogP) is 3.29. The second kappa shape index (κ2) is 7.19. The van der Waals surface area contributed by atoms with Gasteiger partial charge in [-0.3, -0.25) is 4.79 Å². The Morgan fingerprint density at radius 2 is 1.89 bits per heavy atom. The molecule has 2 heterocycles. The summed E-state index contributed by atoms with van der Waals surface area (Å²) < 4.78 is 6.51. The number of hydrogen-bond donors (Lipinski definition) is 3. The van der Waals surface area contributed by atoms with Crippen molar-refractivity contribution in [2.75, 3.05) is 7.05 Å². The lowest BCUT2D eigenvalue weighted by Crippen LogP contribution is -2.66. The third kappa shape index (κ3) is 2.82. The maximum absolute atomic E-state index is 14.0. The smallest absolute Gasteiger partial charge is 0.328 e. The maximum atomic E-state index is 14.0. The molecule has 1 aliphatic heterocycles. The van der Waals surface area contributed by atoms with Crippen LogP contribution in [0.25, 0.3) is 10.9 Å². The summed E-state index contributed by atoms with van der Waals surface area (Å²) in [5.41, 5.74) is 7.98. The second-order valence-corrected chi connectivity index (χ2v) is 13.6. The lowest BCUT2D eigenvalue weighted by Gasteiger charge is -2.62. The Hall–Kier alpha value is -2.89. The van der Waals surface area contributed by atoms with E-state index in [0.717, 1.165) is 67.8 Å². The summed E-state index contributed by atoms with van der Waals surface area (Å²) in [5, 5.41) is 14.0. The van der Waals surface area contributed by atoms with E-state index in [-0.39, 0.29) is 34.3 Å². The number of aromatic nitrogens is 1. The molecule has 0 radical (unpaired) electrons. The number of piperidine rings is 2. The summed E-state index contributed by atoms with van der Waals surface area (Å²) >= 11 is 0. The van der Waals surface area contributed by atoms with Crippen LogP contribution in [0.3, 0.4) is 0 Å². The molecule has 1 aromatic heterocycles. The number of esters is 1. The molecule has 6 aliphatic carbocycles. The van der Waals surface area contributed by atoms with Gasteiger partial charge in [-0.25, -0.2) is 4.79 Å². The number of para-hydroxylation sites is 1. The number of nitrogens with one attached hydrogen (secondary N) is 2.